The molecule has 2 aromatic rings. The Balaban J connectivity index is 1.97. The number of carbonyl (C=O) groups is 1. The number of amides is 1. The molecule has 0 unspecified atom stereocenters. The summed E-state index contributed by atoms with van der Waals surface area (Å²) < 4.78 is 12.2. The number of thiocarbonyl (C=S) groups is 1. The number of aryl methyl sites for hydroxylation is 1. The van der Waals surface area contributed by atoms with Gasteiger partial charge in [-0.15, -0.1) is 0 Å². The first kappa shape index (κ1) is 19.5. The zero-order valence-corrected chi connectivity index (χ0v) is 18.0. The zero-order chi connectivity index (χ0) is 20.9. The maximum absolute atomic E-state index is 13.4. The van der Waals surface area contributed by atoms with E-state index in [0.29, 0.717) is 16.6 Å². The van der Waals surface area contributed by atoms with E-state index < -0.39 is 11.6 Å². The summed E-state index contributed by atoms with van der Waals surface area (Å²) in [5.74, 6) is 0.732. The van der Waals surface area contributed by atoms with Crippen LogP contribution in [0, 0.1) is 12.8 Å². The SMILES string of the molecule is COc1cccc2c1O[C@@]1(C)[C@H](C(=O)N(C)C)[C@H]2NC(=S)N1c1ccccc1C. The summed E-state index contributed by atoms with van der Waals surface area (Å²) in [5.41, 5.74) is 1.79. The molecule has 0 radical (unpaired) electrons. The molecule has 1 saturated heterocycles. The number of nitrogens with one attached hydrogen (secondary N) is 1. The molecule has 2 aromatic carbocycles. The van der Waals surface area contributed by atoms with Crippen molar-refractivity contribution in [1.29, 1.82) is 0 Å². The molecule has 1 N–H and O–H groups in total. The maximum Gasteiger partial charge on any atom is 0.233 e. The van der Waals surface area contributed by atoms with Gasteiger partial charge in [0.05, 0.1) is 13.2 Å². The van der Waals surface area contributed by atoms with Crippen LogP contribution in [-0.4, -0.2) is 42.8 Å². The molecule has 1 amide bonds. The lowest BCUT2D eigenvalue weighted by molar-refractivity contribution is -0.144. The lowest BCUT2D eigenvalue weighted by atomic mass is 9.78. The van der Waals surface area contributed by atoms with Crippen LogP contribution in [0.1, 0.15) is 24.1 Å². The molecular weight excluding hydrogens is 386 g/mol. The first-order chi connectivity index (χ1) is 13.8. The largest absolute Gasteiger partial charge is 0.493 e. The minimum Gasteiger partial charge on any atom is -0.493 e. The fraction of sp³-hybridized carbons (Fsp3) is 0.364. The number of rotatable bonds is 3. The number of ether oxygens (including phenoxy) is 2. The van der Waals surface area contributed by atoms with Gasteiger partial charge in [0.15, 0.2) is 22.3 Å². The van der Waals surface area contributed by atoms with Crippen LogP contribution in [0.3, 0.4) is 0 Å². The highest BCUT2D eigenvalue weighted by Gasteiger charge is 2.60. The van der Waals surface area contributed by atoms with Crippen LogP contribution in [0.15, 0.2) is 42.5 Å². The lowest BCUT2D eigenvalue weighted by Crippen LogP contribution is -2.72. The summed E-state index contributed by atoms with van der Waals surface area (Å²) in [6, 6.07) is 13.4. The molecule has 29 heavy (non-hydrogen) atoms. The maximum atomic E-state index is 13.4. The van der Waals surface area contributed by atoms with E-state index in [1.807, 2.05) is 61.2 Å². The van der Waals surface area contributed by atoms with Crippen molar-refractivity contribution in [2.24, 2.45) is 5.92 Å². The van der Waals surface area contributed by atoms with Gasteiger partial charge in [0, 0.05) is 25.3 Å². The van der Waals surface area contributed by atoms with Crippen LogP contribution in [0.5, 0.6) is 11.5 Å². The van der Waals surface area contributed by atoms with Gasteiger partial charge in [-0.05, 0) is 43.8 Å². The lowest BCUT2D eigenvalue weighted by Gasteiger charge is -2.56. The number of hydrogen-bond donors (Lipinski definition) is 1. The number of anilines is 1. The Bertz CT molecular complexity index is 993. The average molecular weight is 412 g/mol. The number of nitrogens with zero attached hydrogens (tertiary/aromatic N) is 2. The fourth-order valence-corrected chi connectivity index (χ4v) is 4.77. The zero-order valence-electron chi connectivity index (χ0n) is 17.2. The summed E-state index contributed by atoms with van der Waals surface area (Å²) in [5, 5.41) is 3.95. The van der Waals surface area contributed by atoms with Crippen LogP contribution < -0.4 is 19.7 Å². The van der Waals surface area contributed by atoms with Crippen LogP contribution in [0.25, 0.3) is 0 Å². The highest BCUT2D eigenvalue weighted by atomic mass is 32.1. The van der Waals surface area contributed by atoms with Crippen molar-refractivity contribution in [3.8, 4) is 11.5 Å². The van der Waals surface area contributed by atoms with Gasteiger partial charge in [0.25, 0.3) is 0 Å². The van der Waals surface area contributed by atoms with Gasteiger partial charge in [0.1, 0.15) is 5.92 Å². The van der Waals surface area contributed by atoms with E-state index in [2.05, 4.69) is 5.32 Å². The number of hydrogen-bond acceptors (Lipinski definition) is 4. The second-order valence-corrected chi connectivity index (χ2v) is 8.18. The first-order valence-electron chi connectivity index (χ1n) is 9.53. The van der Waals surface area contributed by atoms with Crippen molar-refractivity contribution in [1.82, 2.24) is 10.2 Å². The number of benzene rings is 2. The van der Waals surface area contributed by atoms with Gasteiger partial charge in [-0.2, -0.15) is 0 Å². The molecule has 152 valence electrons. The molecule has 4 rings (SSSR count). The van der Waals surface area contributed by atoms with Crippen molar-refractivity contribution < 1.29 is 14.3 Å². The highest BCUT2D eigenvalue weighted by Crippen LogP contribution is 2.52. The van der Waals surface area contributed by atoms with Crippen molar-refractivity contribution in [3.05, 3.63) is 53.6 Å². The molecular formula is C22H25N3O3S. The molecule has 0 spiro atoms. The van der Waals surface area contributed by atoms with E-state index in [9.17, 15) is 4.79 Å². The van der Waals surface area contributed by atoms with Gasteiger partial charge in [0.2, 0.25) is 5.91 Å². The third-order valence-electron chi connectivity index (χ3n) is 5.77. The van der Waals surface area contributed by atoms with Crippen molar-refractivity contribution in [2.45, 2.75) is 25.6 Å². The Morgan fingerprint density at radius 1 is 1.24 bits per heavy atom. The van der Waals surface area contributed by atoms with Crippen LogP contribution in [-0.2, 0) is 4.79 Å². The third-order valence-corrected chi connectivity index (χ3v) is 6.07. The van der Waals surface area contributed by atoms with Gasteiger partial charge >= 0.3 is 0 Å². The molecule has 0 aliphatic carbocycles. The normalized spacial score (nSPS) is 24.9. The minimum atomic E-state index is -1.03. The third kappa shape index (κ3) is 2.83. The molecule has 6 nitrogen and oxygen atoms in total. The summed E-state index contributed by atoms with van der Waals surface area (Å²) in [4.78, 5) is 16.9. The fourth-order valence-electron chi connectivity index (χ4n) is 4.36. The predicted octanol–water partition coefficient (Wildman–Crippen LogP) is 3.25. The van der Waals surface area contributed by atoms with Gasteiger partial charge in [-0.3, -0.25) is 9.69 Å². The summed E-state index contributed by atoms with van der Waals surface area (Å²) in [6.45, 7) is 3.95. The Kier molecular flexibility index (Phi) is 4.65. The molecule has 3 atom stereocenters. The monoisotopic (exact) mass is 411 g/mol. The Morgan fingerprint density at radius 3 is 2.62 bits per heavy atom. The summed E-state index contributed by atoms with van der Waals surface area (Å²) >= 11 is 5.77. The summed E-state index contributed by atoms with van der Waals surface area (Å²) in [7, 11) is 5.14. The smallest absolute Gasteiger partial charge is 0.233 e. The molecule has 2 aliphatic heterocycles. The average Bonchev–Trinajstić information content (AvgIpc) is 2.68. The number of methoxy groups -OCH3 is 1. The molecule has 7 heteroatoms. The van der Waals surface area contributed by atoms with Crippen LogP contribution in [0.2, 0.25) is 0 Å². The minimum absolute atomic E-state index is 0.0282. The number of carbonyl (C=O) groups excluding carboxylic acids is 1. The van der Waals surface area contributed by atoms with E-state index in [4.69, 9.17) is 21.7 Å². The molecule has 0 saturated carbocycles. The van der Waals surface area contributed by atoms with E-state index in [1.165, 1.54) is 0 Å². The molecule has 2 bridgehead atoms. The first-order valence-corrected chi connectivity index (χ1v) is 9.94. The van der Waals surface area contributed by atoms with Gasteiger partial charge in [-0.1, -0.05) is 30.3 Å². The topological polar surface area (TPSA) is 54.0 Å². The van der Waals surface area contributed by atoms with Crippen molar-refractivity contribution in [3.63, 3.8) is 0 Å². The molecule has 0 aromatic heterocycles. The number of para-hydroxylation sites is 2. The van der Waals surface area contributed by atoms with E-state index >= 15 is 0 Å². The van der Waals surface area contributed by atoms with E-state index in [1.54, 1.807) is 26.1 Å². The molecule has 2 heterocycles. The molecule has 2 aliphatic rings. The second kappa shape index (κ2) is 6.91. The standard InChI is InChI=1S/C22H25N3O3S/c1-13-9-6-7-11-15(13)25-21(29)23-18-14-10-8-12-16(27-5)19(14)28-22(25,2)17(18)20(26)24(3)4/h6-12,17-18H,1-5H3,(H,23,29)/t17-,18-,22-/m0/s1. The van der Waals surface area contributed by atoms with E-state index in [-0.39, 0.29) is 11.9 Å². The Hall–Kier alpha value is -2.80. The van der Waals surface area contributed by atoms with Gasteiger partial charge < -0.3 is 19.7 Å². The quantitative estimate of drug-likeness (QED) is 0.783. The summed E-state index contributed by atoms with van der Waals surface area (Å²) in [6.07, 6.45) is 0. The Labute approximate surface area is 176 Å². The van der Waals surface area contributed by atoms with Crippen molar-refractivity contribution in [2.75, 3.05) is 26.1 Å². The van der Waals surface area contributed by atoms with Crippen LogP contribution in [0.4, 0.5) is 5.69 Å². The van der Waals surface area contributed by atoms with Crippen molar-refractivity contribution >= 4 is 28.9 Å². The number of fused-ring (bicyclic) bond motifs is 4. The second-order valence-electron chi connectivity index (χ2n) is 7.79. The molecule has 1 fully saturated rings. The van der Waals surface area contributed by atoms with Gasteiger partial charge in [-0.25, -0.2) is 0 Å². The Morgan fingerprint density at radius 2 is 1.97 bits per heavy atom. The van der Waals surface area contributed by atoms with Crippen LogP contribution >= 0.6 is 12.2 Å². The highest BCUT2D eigenvalue weighted by molar-refractivity contribution is 7.80. The predicted molar refractivity (Wildman–Crippen MR) is 116 cm³/mol. The van der Waals surface area contributed by atoms with E-state index in [0.717, 1.165) is 16.8 Å².